The molecule has 186 valence electrons. The number of benzene rings is 3. The lowest BCUT2D eigenvalue weighted by Gasteiger charge is -2.27. The van der Waals surface area contributed by atoms with Crippen molar-refractivity contribution in [1.82, 2.24) is 14.5 Å². The summed E-state index contributed by atoms with van der Waals surface area (Å²) in [6.45, 7) is 8.35. The van der Waals surface area contributed by atoms with Crippen molar-refractivity contribution in [3.8, 4) is 5.69 Å². The van der Waals surface area contributed by atoms with E-state index in [1.807, 2.05) is 92.6 Å². The third-order valence-electron chi connectivity index (χ3n) is 6.70. The summed E-state index contributed by atoms with van der Waals surface area (Å²) in [7, 11) is 5.70. The number of para-hydroxylation sites is 1. The van der Waals surface area contributed by atoms with Crippen molar-refractivity contribution < 1.29 is 4.79 Å². The maximum absolute atomic E-state index is 13.7. The van der Waals surface area contributed by atoms with Gasteiger partial charge in [-0.3, -0.25) is 14.2 Å². The average molecular weight is 483 g/mol. The highest BCUT2D eigenvalue weighted by Crippen LogP contribution is 2.26. The Morgan fingerprint density at radius 1 is 0.889 bits per heavy atom. The third kappa shape index (κ3) is 4.76. The lowest BCUT2D eigenvalue weighted by Crippen LogP contribution is -2.35. The van der Waals surface area contributed by atoms with Crippen LogP contribution in [-0.4, -0.2) is 41.5 Å². The highest BCUT2D eigenvalue weighted by atomic mass is 16.2. The third-order valence-corrected chi connectivity index (χ3v) is 6.70. The first-order chi connectivity index (χ1) is 17.0. The van der Waals surface area contributed by atoms with E-state index in [4.69, 9.17) is 4.98 Å². The molecule has 0 saturated carbocycles. The minimum absolute atomic E-state index is 0.00792. The molecule has 6 heteroatoms. The lowest BCUT2D eigenvalue weighted by molar-refractivity contribution is 0.0735. The van der Waals surface area contributed by atoms with Gasteiger partial charge in [0.2, 0.25) is 0 Å². The van der Waals surface area contributed by atoms with Gasteiger partial charge in [-0.2, -0.15) is 0 Å². The summed E-state index contributed by atoms with van der Waals surface area (Å²) in [5.74, 6) is 0.387. The van der Waals surface area contributed by atoms with Crippen LogP contribution in [0.25, 0.3) is 16.6 Å². The topological polar surface area (TPSA) is 58.4 Å². The Morgan fingerprint density at radius 2 is 1.50 bits per heavy atom. The highest BCUT2D eigenvalue weighted by Gasteiger charge is 2.25. The SMILES string of the molecule is CC(c1nc2ccccc2c(=O)n1-c1ccc(N(C)C)cc1)N(C)C(=O)c1ccc(C(C)(C)C)cc1. The number of carbonyl (C=O) groups is 1. The van der Waals surface area contributed by atoms with Gasteiger partial charge in [0.15, 0.2) is 0 Å². The van der Waals surface area contributed by atoms with Gasteiger partial charge in [-0.1, -0.05) is 45.0 Å². The number of anilines is 1. The fraction of sp³-hybridized carbons (Fsp3) is 0.300. The van der Waals surface area contributed by atoms with Gasteiger partial charge in [0.05, 0.1) is 22.6 Å². The zero-order valence-electron chi connectivity index (χ0n) is 22.1. The van der Waals surface area contributed by atoms with Gasteiger partial charge in [0, 0.05) is 32.4 Å². The van der Waals surface area contributed by atoms with E-state index in [-0.39, 0.29) is 16.9 Å². The second-order valence-corrected chi connectivity index (χ2v) is 10.5. The van der Waals surface area contributed by atoms with E-state index in [0.717, 1.165) is 5.69 Å². The molecule has 4 rings (SSSR count). The smallest absolute Gasteiger partial charge is 0.266 e. The van der Waals surface area contributed by atoms with Gasteiger partial charge in [-0.15, -0.1) is 0 Å². The van der Waals surface area contributed by atoms with Gasteiger partial charge >= 0.3 is 0 Å². The number of fused-ring (bicyclic) bond motifs is 1. The molecule has 1 unspecified atom stereocenters. The van der Waals surface area contributed by atoms with Crippen molar-refractivity contribution in [3.63, 3.8) is 0 Å². The normalized spacial score (nSPS) is 12.4. The number of amides is 1. The summed E-state index contributed by atoms with van der Waals surface area (Å²) >= 11 is 0. The van der Waals surface area contributed by atoms with E-state index in [9.17, 15) is 9.59 Å². The molecule has 1 aromatic heterocycles. The highest BCUT2D eigenvalue weighted by molar-refractivity contribution is 5.94. The van der Waals surface area contributed by atoms with Crippen molar-refractivity contribution in [2.45, 2.75) is 39.2 Å². The predicted molar refractivity (Wildman–Crippen MR) is 147 cm³/mol. The molecular weight excluding hydrogens is 448 g/mol. The van der Waals surface area contributed by atoms with Crippen molar-refractivity contribution >= 4 is 22.5 Å². The van der Waals surface area contributed by atoms with Crippen LogP contribution in [0.4, 0.5) is 5.69 Å². The summed E-state index contributed by atoms with van der Waals surface area (Å²) in [4.78, 5) is 35.6. The van der Waals surface area contributed by atoms with E-state index in [0.29, 0.717) is 28.0 Å². The molecule has 0 aliphatic rings. The van der Waals surface area contributed by atoms with Crippen LogP contribution < -0.4 is 10.5 Å². The molecule has 0 radical (unpaired) electrons. The van der Waals surface area contributed by atoms with E-state index in [2.05, 4.69) is 20.8 Å². The van der Waals surface area contributed by atoms with Gasteiger partial charge < -0.3 is 9.80 Å². The molecule has 1 atom stereocenters. The molecule has 0 spiro atoms. The quantitative estimate of drug-likeness (QED) is 0.372. The molecule has 3 aromatic carbocycles. The summed E-state index contributed by atoms with van der Waals surface area (Å²) < 4.78 is 1.62. The number of hydrogen-bond donors (Lipinski definition) is 0. The van der Waals surface area contributed by atoms with Crippen LogP contribution in [0.15, 0.2) is 77.6 Å². The Labute approximate surface area is 212 Å². The Morgan fingerprint density at radius 3 is 2.08 bits per heavy atom. The number of rotatable bonds is 5. The monoisotopic (exact) mass is 482 g/mol. The molecule has 1 heterocycles. The predicted octanol–water partition coefficient (Wildman–Crippen LogP) is 5.58. The molecule has 0 saturated heterocycles. The summed E-state index contributed by atoms with van der Waals surface area (Å²) in [5.41, 5.74) is 3.97. The fourth-order valence-corrected chi connectivity index (χ4v) is 4.25. The van der Waals surface area contributed by atoms with Crippen molar-refractivity contribution in [3.05, 3.63) is 100 Å². The average Bonchev–Trinajstić information content (AvgIpc) is 2.87. The Hall–Kier alpha value is -3.93. The van der Waals surface area contributed by atoms with E-state index in [1.165, 1.54) is 5.56 Å². The van der Waals surface area contributed by atoms with Gasteiger partial charge in [-0.25, -0.2) is 4.98 Å². The molecule has 36 heavy (non-hydrogen) atoms. The summed E-state index contributed by atoms with van der Waals surface area (Å²) in [5, 5.41) is 0.539. The fourth-order valence-electron chi connectivity index (χ4n) is 4.25. The van der Waals surface area contributed by atoms with Crippen LogP contribution >= 0.6 is 0 Å². The van der Waals surface area contributed by atoms with Crippen LogP contribution in [-0.2, 0) is 5.41 Å². The first-order valence-corrected chi connectivity index (χ1v) is 12.2. The molecule has 0 aliphatic carbocycles. The summed E-state index contributed by atoms with van der Waals surface area (Å²) in [6.07, 6.45) is 0. The van der Waals surface area contributed by atoms with Crippen LogP contribution in [0.3, 0.4) is 0 Å². The summed E-state index contributed by atoms with van der Waals surface area (Å²) in [6, 6.07) is 22.4. The maximum Gasteiger partial charge on any atom is 0.266 e. The van der Waals surface area contributed by atoms with Gasteiger partial charge in [0.1, 0.15) is 5.82 Å². The zero-order valence-corrected chi connectivity index (χ0v) is 22.1. The van der Waals surface area contributed by atoms with Crippen molar-refractivity contribution in [2.24, 2.45) is 0 Å². The van der Waals surface area contributed by atoms with Crippen molar-refractivity contribution in [2.75, 3.05) is 26.0 Å². The Bertz CT molecular complexity index is 1450. The first-order valence-electron chi connectivity index (χ1n) is 12.2. The van der Waals surface area contributed by atoms with E-state index >= 15 is 0 Å². The first kappa shape index (κ1) is 25.2. The standard InChI is InChI=1S/C30H34N4O2/c1-20(33(7)28(35)21-12-14-22(15-13-21)30(2,3)4)27-31-26-11-9-8-10-25(26)29(36)34(27)24-18-16-23(17-19-24)32(5)6/h8-20H,1-7H3. The van der Waals surface area contributed by atoms with Crippen LogP contribution in [0.1, 0.15) is 55.5 Å². The van der Waals surface area contributed by atoms with Gasteiger partial charge in [-0.05, 0) is 66.4 Å². The van der Waals surface area contributed by atoms with E-state index < -0.39 is 6.04 Å². The molecule has 6 nitrogen and oxygen atoms in total. The minimum atomic E-state index is -0.453. The van der Waals surface area contributed by atoms with Crippen LogP contribution in [0.2, 0.25) is 0 Å². The molecule has 0 N–H and O–H groups in total. The van der Waals surface area contributed by atoms with E-state index in [1.54, 1.807) is 22.6 Å². The molecule has 0 aliphatic heterocycles. The molecule has 0 fully saturated rings. The van der Waals surface area contributed by atoms with Crippen molar-refractivity contribution in [1.29, 1.82) is 0 Å². The molecule has 0 bridgehead atoms. The Kier molecular flexibility index (Phi) is 6.72. The van der Waals surface area contributed by atoms with Gasteiger partial charge in [0.25, 0.3) is 11.5 Å². The lowest BCUT2D eigenvalue weighted by atomic mass is 9.86. The largest absolute Gasteiger partial charge is 0.378 e. The number of hydrogen-bond acceptors (Lipinski definition) is 4. The number of aromatic nitrogens is 2. The second-order valence-electron chi connectivity index (χ2n) is 10.5. The zero-order chi connectivity index (χ0) is 26.2. The number of carbonyl (C=O) groups excluding carboxylic acids is 1. The minimum Gasteiger partial charge on any atom is -0.378 e. The maximum atomic E-state index is 13.7. The van der Waals surface area contributed by atoms with Crippen LogP contribution in [0.5, 0.6) is 0 Å². The molecule has 4 aromatic rings. The number of nitrogens with zero attached hydrogens (tertiary/aromatic N) is 4. The second kappa shape index (κ2) is 9.61. The van der Waals surface area contributed by atoms with Crippen LogP contribution in [0, 0.1) is 0 Å². The molecular formula is C30H34N4O2. The molecule has 1 amide bonds. The Balaban J connectivity index is 1.79.